The second kappa shape index (κ2) is 6.71. The molecule has 2 aromatic carbocycles. The van der Waals surface area contributed by atoms with Gasteiger partial charge in [0.05, 0.1) is 0 Å². The van der Waals surface area contributed by atoms with E-state index in [4.69, 9.17) is 10.7 Å². The minimum Gasteiger partial charge on any atom is -0.158 e. The van der Waals surface area contributed by atoms with Gasteiger partial charge in [0.25, 0.3) is 0 Å². The lowest BCUT2D eigenvalue weighted by molar-refractivity contribution is 0.585. The predicted molar refractivity (Wildman–Crippen MR) is 126 cm³/mol. The van der Waals surface area contributed by atoms with E-state index in [1.54, 1.807) is 0 Å². The number of fused-ring (bicyclic) bond motifs is 1. The molecule has 2 heteroatoms. The van der Waals surface area contributed by atoms with Gasteiger partial charge in [-0.2, -0.15) is 9.24 Å². The molecule has 146 valence electrons. The summed E-state index contributed by atoms with van der Waals surface area (Å²) in [7, 11) is 5.71. The van der Waals surface area contributed by atoms with Crippen molar-refractivity contribution in [2.24, 2.45) is 0 Å². The van der Waals surface area contributed by atoms with E-state index in [2.05, 4.69) is 91.3 Å². The monoisotopic (exact) mass is 400 g/mol. The molecule has 2 aromatic rings. The Kier molecular flexibility index (Phi) is 5.11. The number of hydrogen-bond acceptors (Lipinski definition) is 0. The van der Waals surface area contributed by atoms with Crippen LogP contribution in [0.5, 0.6) is 0 Å². The Morgan fingerprint density at radius 3 is 1.93 bits per heavy atom. The SMILES string of the molecule is CC1=Cc2c(cc(C(C)(C)C)c(C)c2-c2cc(C)cc(C)c2)C1S(C)(C)Cl. The fourth-order valence-electron chi connectivity index (χ4n) is 4.76. The van der Waals surface area contributed by atoms with Crippen molar-refractivity contribution >= 4 is 26.0 Å². The molecule has 0 bridgehead atoms. The first kappa shape index (κ1) is 20.6. The van der Waals surface area contributed by atoms with Crippen LogP contribution < -0.4 is 0 Å². The standard InChI is InChI=1S/C25H33ClS/c1-15-10-16(2)12-19(11-15)23-18(4)22(25(5,6)7)14-21-20(23)13-17(3)24(21)27(8,9)26/h10-14,24H,1-9H3. The highest BCUT2D eigenvalue weighted by atomic mass is 35.7. The minimum atomic E-state index is -1.25. The van der Waals surface area contributed by atoms with Crippen molar-refractivity contribution in [3.63, 3.8) is 0 Å². The van der Waals surface area contributed by atoms with Crippen LogP contribution in [0.3, 0.4) is 0 Å². The van der Waals surface area contributed by atoms with Crippen molar-refractivity contribution in [2.45, 2.75) is 59.1 Å². The smallest absolute Gasteiger partial charge is 0.0474 e. The van der Waals surface area contributed by atoms with Crippen molar-refractivity contribution in [3.05, 3.63) is 63.2 Å². The molecule has 1 aliphatic rings. The Morgan fingerprint density at radius 1 is 0.889 bits per heavy atom. The Morgan fingerprint density at radius 2 is 1.44 bits per heavy atom. The van der Waals surface area contributed by atoms with Gasteiger partial charge in [0.15, 0.2) is 0 Å². The molecule has 1 unspecified atom stereocenters. The molecule has 3 rings (SSSR count). The molecule has 1 aliphatic carbocycles. The molecular weight excluding hydrogens is 368 g/mol. The summed E-state index contributed by atoms with van der Waals surface area (Å²) in [5, 5.41) is 0.334. The maximum absolute atomic E-state index is 6.96. The van der Waals surface area contributed by atoms with Gasteiger partial charge in [-0.25, -0.2) is 0 Å². The topological polar surface area (TPSA) is 0 Å². The molecule has 0 radical (unpaired) electrons. The van der Waals surface area contributed by atoms with Crippen LogP contribution in [0, 0.1) is 20.8 Å². The molecule has 0 fully saturated rings. The lowest BCUT2D eigenvalue weighted by Gasteiger charge is -2.34. The van der Waals surface area contributed by atoms with Crippen molar-refractivity contribution < 1.29 is 0 Å². The quantitative estimate of drug-likeness (QED) is 0.475. The first-order chi connectivity index (χ1) is 12.3. The highest BCUT2D eigenvalue weighted by Gasteiger charge is 2.35. The first-order valence-electron chi connectivity index (χ1n) is 9.67. The average molecular weight is 401 g/mol. The van der Waals surface area contributed by atoms with E-state index in [1.165, 1.54) is 50.1 Å². The first-order valence-corrected chi connectivity index (χ1v) is 13.0. The van der Waals surface area contributed by atoms with Gasteiger partial charge in [0, 0.05) is 5.25 Å². The van der Waals surface area contributed by atoms with Crippen LogP contribution in [0.4, 0.5) is 0 Å². The van der Waals surface area contributed by atoms with Gasteiger partial charge in [0.1, 0.15) is 0 Å². The molecule has 0 spiro atoms. The van der Waals surface area contributed by atoms with Gasteiger partial charge in [-0.05, 0) is 79.0 Å². The Bertz CT molecular complexity index is 916. The molecule has 0 nitrogen and oxygen atoms in total. The lowest BCUT2D eigenvalue weighted by Crippen LogP contribution is -2.16. The van der Waals surface area contributed by atoms with E-state index < -0.39 is 9.24 Å². The van der Waals surface area contributed by atoms with Gasteiger partial charge in [-0.15, -0.1) is 0 Å². The number of hydrogen-bond donors (Lipinski definition) is 0. The third kappa shape index (κ3) is 3.74. The van der Waals surface area contributed by atoms with E-state index in [9.17, 15) is 0 Å². The van der Waals surface area contributed by atoms with Gasteiger partial charge in [0.2, 0.25) is 0 Å². The largest absolute Gasteiger partial charge is 0.158 e. The zero-order chi connectivity index (χ0) is 20.3. The minimum absolute atomic E-state index is 0.0968. The van der Waals surface area contributed by atoms with Crippen molar-refractivity contribution in [2.75, 3.05) is 12.5 Å². The van der Waals surface area contributed by atoms with Crippen molar-refractivity contribution in [3.8, 4) is 11.1 Å². The van der Waals surface area contributed by atoms with Gasteiger partial charge in [-0.1, -0.05) is 78.5 Å². The molecular formula is C25H33ClS. The van der Waals surface area contributed by atoms with Crippen LogP contribution in [0.25, 0.3) is 17.2 Å². The van der Waals surface area contributed by atoms with E-state index in [0.717, 1.165) is 0 Å². The average Bonchev–Trinajstić information content (AvgIpc) is 2.79. The maximum atomic E-state index is 6.96. The zero-order valence-corrected chi connectivity index (χ0v) is 19.8. The van der Waals surface area contributed by atoms with Crippen LogP contribution >= 0.6 is 19.9 Å². The lowest BCUT2D eigenvalue weighted by atomic mass is 9.78. The molecule has 0 heterocycles. The van der Waals surface area contributed by atoms with Gasteiger partial charge >= 0.3 is 0 Å². The van der Waals surface area contributed by atoms with Crippen molar-refractivity contribution in [1.29, 1.82) is 0 Å². The fraction of sp³-hybridized carbons (Fsp3) is 0.440. The third-order valence-corrected chi connectivity index (χ3v) is 7.89. The second-order valence-corrected chi connectivity index (χ2v) is 15.0. The number of aryl methyl sites for hydroxylation is 2. The molecule has 1 atom stereocenters. The molecule has 27 heavy (non-hydrogen) atoms. The van der Waals surface area contributed by atoms with E-state index in [-0.39, 0.29) is 5.41 Å². The fourth-order valence-corrected chi connectivity index (χ4v) is 7.22. The zero-order valence-electron chi connectivity index (χ0n) is 18.3. The van der Waals surface area contributed by atoms with Crippen LogP contribution in [0.15, 0.2) is 29.8 Å². The van der Waals surface area contributed by atoms with Crippen LogP contribution in [0.1, 0.15) is 66.3 Å². The molecule has 0 N–H and O–H groups in total. The van der Waals surface area contributed by atoms with E-state index in [1.807, 2.05) is 0 Å². The van der Waals surface area contributed by atoms with Gasteiger partial charge < -0.3 is 0 Å². The summed E-state index contributed by atoms with van der Waals surface area (Å²) in [5.74, 6) is 0. The third-order valence-electron chi connectivity index (χ3n) is 5.61. The summed E-state index contributed by atoms with van der Waals surface area (Å²) >= 11 is 0. The Labute approximate surface area is 171 Å². The molecule has 0 saturated carbocycles. The highest BCUT2D eigenvalue weighted by molar-refractivity contribution is 8.50. The normalized spacial score (nSPS) is 17.7. The molecule has 0 saturated heterocycles. The van der Waals surface area contributed by atoms with Crippen LogP contribution in [-0.2, 0) is 5.41 Å². The van der Waals surface area contributed by atoms with E-state index in [0.29, 0.717) is 5.25 Å². The second-order valence-electron chi connectivity index (χ2n) is 9.60. The maximum Gasteiger partial charge on any atom is 0.0474 e. The predicted octanol–water partition coefficient (Wildman–Crippen LogP) is 8.25. The van der Waals surface area contributed by atoms with Crippen LogP contribution in [0.2, 0.25) is 0 Å². The Balaban J connectivity index is 2.42. The Hall–Kier alpha value is -1.18. The highest BCUT2D eigenvalue weighted by Crippen LogP contribution is 2.65. The van der Waals surface area contributed by atoms with Crippen molar-refractivity contribution in [1.82, 2.24) is 0 Å². The molecule has 0 aromatic heterocycles. The number of benzene rings is 2. The summed E-state index contributed by atoms with van der Waals surface area (Å²) in [6, 6.07) is 9.36. The van der Waals surface area contributed by atoms with E-state index >= 15 is 0 Å². The summed E-state index contributed by atoms with van der Waals surface area (Å²) in [6.45, 7) is 15.9. The van der Waals surface area contributed by atoms with Gasteiger partial charge in [-0.3, -0.25) is 0 Å². The summed E-state index contributed by atoms with van der Waals surface area (Å²) in [6.07, 6.45) is 6.83. The molecule has 0 aliphatic heterocycles. The number of rotatable bonds is 2. The number of halogens is 1. The summed E-state index contributed by atoms with van der Waals surface area (Å²) < 4.78 is 0. The summed E-state index contributed by atoms with van der Waals surface area (Å²) in [4.78, 5) is 0. The summed E-state index contributed by atoms with van der Waals surface area (Å²) in [5.41, 5.74) is 12.5. The molecule has 0 amide bonds. The van der Waals surface area contributed by atoms with Crippen LogP contribution in [-0.4, -0.2) is 12.5 Å².